The highest BCUT2D eigenvalue weighted by Crippen LogP contribution is 2.26. The molecule has 3 rings (SSSR count). The molecule has 0 radical (unpaired) electrons. The summed E-state index contributed by atoms with van der Waals surface area (Å²) >= 11 is 0. The number of anilines is 2. The van der Waals surface area contributed by atoms with Crippen molar-refractivity contribution in [3.8, 4) is 0 Å². The van der Waals surface area contributed by atoms with Crippen LogP contribution in [-0.2, 0) is 27.1 Å². The molecule has 0 aliphatic carbocycles. The summed E-state index contributed by atoms with van der Waals surface area (Å²) in [6, 6.07) is 9.34. The van der Waals surface area contributed by atoms with Crippen LogP contribution in [0.4, 0.5) is 11.4 Å². The first-order valence-corrected chi connectivity index (χ1v) is 12.1. The largest absolute Gasteiger partial charge is 0.280 e. The monoisotopic (exact) mass is 448 g/mol. The topological polar surface area (TPSA) is 110 Å². The van der Waals surface area contributed by atoms with Gasteiger partial charge in [0.05, 0.1) is 16.3 Å². The molecule has 8 nitrogen and oxygen atoms in total. The van der Waals surface area contributed by atoms with Crippen LogP contribution < -0.4 is 9.44 Å². The van der Waals surface area contributed by atoms with Gasteiger partial charge in [0.1, 0.15) is 4.90 Å². The lowest BCUT2D eigenvalue weighted by atomic mass is 10.1. The summed E-state index contributed by atoms with van der Waals surface area (Å²) in [5.74, 6) is 0. The SMILES string of the molecule is Cc1cc(C)c(NS(=O)(=O)c2ccc(NS(=O)(=O)c3cn(C)nc3C)cc2)c(C)c1. The van der Waals surface area contributed by atoms with Gasteiger partial charge in [-0.3, -0.25) is 14.1 Å². The summed E-state index contributed by atoms with van der Waals surface area (Å²) in [5, 5.41) is 4.03. The van der Waals surface area contributed by atoms with Gasteiger partial charge in [0.25, 0.3) is 20.0 Å². The summed E-state index contributed by atoms with van der Waals surface area (Å²) in [6.45, 7) is 7.24. The summed E-state index contributed by atoms with van der Waals surface area (Å²) in [7, 11) is -6.03. The lowest BCUT2D eigenvalue weighted by molar-refractivity contribution is 0.599. The number of nitrogens with one attached hydrogen (secondary N) is 2. The average Bonchev–Trinajstić information content (AvgIpc) is 2.97. The molecule has 0 aliphatic rings. The maximum atomic E-state index is 12.8. The molecule has 1 aromatic heterocycles. The van der Waals surface area contributed by atoms with Gasteiger partial charge in [-0.2, -0.15) is 5.10 Å². The van der Waals surface area contributed by atoms with Crippen LogP contribution in [-0.4, -0.2) is 26.6 Å². The molecule has 30 heavy (non-hydrogen) atoms. The number of aromatic nitrogens is 2. The van der Waals surface area contributed by atoms with Crippen molar-refractivity contribution in [3.63, 3.8) is 0 Å². The number of hydrogen-bond acceptors (Lipinski definition) is 5. The molecule has 0 atom stereocenters. The second-order valence-electron chi connectivity index (χ2n) is 7.26. The standard InChI is InChI=1S/C20H24N4O4S2/c1-13-10-14(2)20(15(3)11-13)23-29(25,26)18-8-6-17(7-9-18)22-30(27,28)19-12-24(5)21-16(19)4/h6-12,22-23H,1-5H3. The Balaban J connectivity index is 1.84. The van der Waals surface area contributed by atoms with E-state index in [1.807, 2.05) is 32.9 Å². The van der Waals surface area contributed by atoms with E-state index in [1.54, 1.807) is 14.0 Å². The van der Waals surface area contributed by atoms with Crippen LogP contribution in [0.5, 0.6) is 0 Å². The Morgan fingerprint density at radius 3 is 1.90 bits per heavy atom. The number of aryl methyl sites for hydroxylation is 5. The van der Waals surface area contributed by atoms with Gasteiger partial charge < -0.3 is 0 Å². The molecule has 160 valence electrons. The van der Waals surface area contributed by atoms with Crippen molar-refractivity contribution in [2.75, 3.05) is 9.44 Å². The molecule has 2 N–H and O–H groups in total. The lowest BCUT2D eigenvalue weighted by Crippen LogP contribution is -2.16. The Morgan fingerprint density at radius 1 is 0.833 bits per heavy atom. The highest BCUT2D eigenvalue weighted by molar-refractivity contribution is 7.93. The van der Waals surface area contributed by atoms with E-state index in [1.165, 1.54) is 35.1 Å². The zero-order valence-corrected chi connectivity index (χ0v) is 19.0. The Kier molecular flexibility index (Phi) is 5.66. The fourth-order valence-corrected chi connectivity index (χ4v) is 5.77. The van der Waals surface area contributed by atoms with Gasteiger partial charge in [0.2, 0.25) is 0 Å². The first-order chi connectivity index (χ1) is 13.9. The summed E-state index contributed by atoms with van der Waals surface area (Å²) in [4.78, 5) is 0.0936. The van der Waals surface area contributed by atoms with Gasteiger partial charge in [-0.25, -0.2) is 16.8 Å². The quantitative estimate of drug-likeness (QED) is 0.601. The van der Waals surface area contributed by atoms with Crippen LogP contribution in [0.2, 0.25) is 0 Å². The number of benzene rings is 2. The zero-order valence-electron chi connectivity index (χ0n) is 17.4. The molecule has 0 saturated heterocycles. The van der Waals surface area contributed by atoms with Crippen LogP contribution >= 0.6 is 0 Å². The number of rotatable bonds is 6. The summed E-state index contributed by atoms with van der Waals surface area (Å²) in [5.41, 5.74) is 3.86. The van der Waals surface area contributed by atoms with Gasteiger partial charge in [-0.15, -0.1) is 0 Å². The van der Waals surface area contributed by atoms with E-state index >= 15 is 0 Å². The molecular weight excluding hydrogens is 424 g/mol. The molecule has 1 heterocycles. The molecule has 10 heteroatoms. The van der Waals surface area contributed by atoms with Crippen molar-refractivity contribution in [1.29, 1.82) is 0 Å². The van der Waals surface area contributed by atoms with E-state index in [0.717, 1.165) is 16.7 Å². The van der Waals surface area contributed by atoms with E-state index in [2.05, 4.69) is 14.5 Å². The van der Waals surface area contributed by atoms with Crippen LogP contribution in [0, 0.1) is 27.7 Å². The van der Waals surface area contributed by atoms with Gasteiger partial charge in [0.15, 0.2) is 0 Å². The third-order valence-corrected chi connectivity index (χ3v) is 7.44. The first-order valence-electron chi connectivity index (χ1n) is 9.13. The normalized spacial score (nSPS) is 12.0. The van der Waals surface area contributed by atoms with Crippen molar-refractivity contribution in [3.05, 3.63) is 65.0 Å². The van der Waals surface area contributed by atoms with Crippen LogP contribution in [0.15, 0.2) is 52.4 Å². The van der Waals surface area contributed by atoms with Crippen molar-refractivity contribution in [1.82, 2.24) is 9.78 Å². The van der Waals surface area contributed by atoms with Crippen LogP contribution in [0.1, 0.15) is 22.4 Å². The van der Waals surface area contributed by atoms with E-state index in [-0.39, 0.29) is 15.5 Å². The molecule has 0 fully saturated rings. The second kappa shape index (κ2) is 7.77. The molecule has 0 unspecified atom stereocenters. The lowest BCUT2D eigenvalue weighted by Gasteiger charge is -2.15. The minimum Gasteiger partial charge on any atom is -0.280 e. The smallest absolute Gasteiger partial charge is 0.265 e. The van der Waals surface area contributed by atoms with Crippen molar-refractivity contribution >= 4 is 31.4 Å². The molecule has 0 bridgehead atoms. The third-order valence-electron chi connectivity index (χ3n) is 4.59. The summed E-state index contributed by atoms with van der Waals surface area (Å²) < 4.78 is 57.2. The maximum Gasteiger partial charge on any atom is 0.265 e. The first kappa shape index (κ1) is 21.8. The minimum absolute atomic E-state index is 0.0300. The highest BCUT2D eigenvalue weighted by atomic mass is 32.2. The van der Waals surface area contributed by atoms with E-state index in [0.29, 0.717) is 11.4 Å². The Hall–Kier alpha value is -2.85. The predicted octanol–water partition coefficient (Wildman–Crippen LogP) is 3.26. The molecule has 0 aliphatic heterocycles. The van der Waals surface area contributed by atoms with Gasteiger partial charge >= 0.3 is 0 Å². The fourth-order valence-electron chi connectivity index (χ4n) is 3.29. The van der Waals surface area contributed by atoms with E-state index in [4.69, 9.17) is 0 Å². The third kappa shape index (κ3) is 4.49. The molecule has 2 aromatic carbocycles. The average molecular weight is 449 g/mol. The second-order valence-corrected chi connectivity index (χ2v) is 10.6. The fraction of sp³-hybridized carbons (Fsp3) is 0.250. The number of sulfonamides is 2. The van der Waals surface area contributed by atoms with Crippen LogP contribution in [0.25, 0.3) is 0 Å². The van der Waals surface area contributed by atoms with Crippen molar-refractivity contribution < 1.29 is 16.8 Å². The molecular formula is C20H24N4O4S2. The highest BCUT2D eigenvalue weighted by Gasteiger charge is 2.21. The number of nitrogens with zero attached hydrogens (tertiary/aromatic N) is 2. The molecule has 0 spiro atoms. The number of hydrogen-bond donors (Lipinski definition) is 2. The minimum atomic E-state index is -3.83. The van der Waals surface area contributed by atoms with Gasteiger partial charge in [-0.05, 0) is 63.1 Å². The predicted molar refractivity (Wildman–Crippen MR) is 117 cm³/mol. The summed E-state index contributed by atoms with van der Waals surface area (Å²) in [6.07, 6.45) is 1.41. The van der Waals surface area contributed by atoms with Gasteiger partial charge in [-0.1, -0.05) is 17.7 Å². The Bertz CT molecular complexity index is 1290. The zero-order chi connectivity index (χ0) is 22.3. The molecule has 3 aromatic rings. The Morgan fingerprint density at radius 2 is 1.40 bits per heavy atom. The molecule has 0 amide bonds. The Labute approximate surface area is 177 Å². The van der Waals surface area contributed by atoms with E-state index < -0.39 is 20.0 Å². The molecule has 0 saturated carbocycles. The van der Waals surface area contributed by atoms with Gasteiger partial charge in [0, 0.05) is 18.9 Å². The maximum absolute atomic E-state index is 12.8. The van der Waals surface area contributed by atoms with E-state index in [9.17, 15) is 16.8 Å². The van der Waals surface area contributed by atoms with Crippen molar-refractivity contribution in [2.45, 2.75) is 37.5 Å². The van der Waals surface area contributed by atoms with Crippen LogP contribution in [0.3, 0.4) is 0 Å². The van der Waals surface area contributed by atoms with Crippen molar-refractivity contribution in [2.24, 2.45) is 7.05 Å².